The van der Waals surface area contributed by atoms with Crippen LogP contribution >= 0.6 is 11.3 Å². The largest absolute Gasteiger partial charge is 0.481 e. The number of carbonyl (C=O) groups excluding carboxylic acids is 2. The van der Waals surface area contributed by atoms with E-state index in [0.29, 0.717) is 22.0 Å². The number of nitrogens with two attached hydrogens (primary N) is 1. The fourth-order valence-electron chi connectivity index (χ4n) is 2.97. The number of rotatable bonds is 10. The molecule has 4 N–H and O–H groups in total. The molecule has 0 spiro atoms. The number of hydrogen-bond donors (Lipinski definition) is 3. The van der Waals surface area contributed by atoms with Crippen LogP contribution in [0.4, 0.5) is 5.00 Å². The Balaban J connectivity index is 0.00000187. The molecule has 0 atom stereocenters. The number of benzene rings is 1. The zero-order valence-corrected chi connectivity index (χ0v) is 19.5. The Labute approximate surface area is 196 Å². The van der Waals surface area contributed by atoms with Gasteiger partial charge in [-0.1, -0.05) is 43.7 Å². The highest BCUT2D eigenvalue weighted by atomic mass is 32.1. The monoisotopic (exact) mass is 468 g/mol. The highest BCUT2D eigenvalue weighted by Crippen LogP contribution is 2.32. The second-order valence-electron chi connectivity index (χ2n) is 6.90. The first kappa shape index (κ1) is 25.7. The molecule has 0 aliphatic carbocycles. The van der Waals surface area contributed by atoms with Crippen LogP contribution in [0.1, 0.15) is 65.9 Å². The average Bonchev–Trinajstić information content (AvgIpc) is 3.25. The number of pyridine rings is 1. The molecule has 2 amide bonds. The van der Waals surface area contributed by atoms with Crippen LogP contribution in [0.15, 0.2) is 48.8 Å². The van der Waals surface area contributed by atoms with Gasteiger partial charge >= 0.3 is 5.97 Å². The molecule has 0 fully saturated rings. The average molecular weight is 469 g/mol. The second-order valence-corrected chi connectivity index (χ2v) is 7.90. The number of hydrogen-bond acceptors (Lipinski definition) is 6. The summed E-state index contributed by atoms with van der Waals surface area (Å²) in [5, 5.41) is 12.2. The molecule has 0 saturated carbocycles. The van der Waals surface area contributed by atoms with Gasteiger partial charge in [-0.2, -0.15) is 0 Å². The Morgan fingerprint density at radius 3 is 2.27 bits per heavy atom. The lowest BCUT2D eigenvalue weighted by Crippen LogP contribution is -2.17. The van der Waals surface area contributed by atoms with Gasteiger partial charge in [-0.05, 0) is 49.1 Å². The highest BCUT2D eigenvalue weighted by Gasteiger charge is 2.19. The molecule has 0 bridgehead atoms. The topological polar surface area (TPSA) is 135 Å². The molecule has 3 rings (SSSR count). The fourth-order valence-corrected chi connectivity index (χ4v) is 3.94. The number of nitrogens with one attached hydrogen (secondary N) is 1. The Morgan fingerprint density at radius 2 is 1.67 bits per heavy atom. The van der Waals surface area contributed by atoms with Crippen molar-refractivity contribution >= 4 is 34.1 Å². The number of aromatic nitrogens is 2. The number of carbonyl (C=O) groups is 3. The summed E-state index contributed by atoms with van der Waals surface area (Å²) in [6.45, 7) is 4.00. The Hall–Kier alpha value is -3.59. The lowest BCUT2D eigenvalue weighted by molar-refractivity contribution is -0.137. The number of carboxylic acids is 1. The van der Waals surface area contributed by atoms with Gasteiger partial charge in [0.25, 0.3) is 11.8 Å². The van der Waals surface area contributed by atoms with Crippen molar-refractivity contribution in [2.24, 2.45) is 5.73 Å². The maximum Gasteiger partial charge on any atom is 0.303 e. The zero-order chi connectivity index (χ0) is 24.2. The molecule has 174 valence electrons. The second kappa shape index (κ2) is 13.1. The Kier molecular flexibility index (Phi) is 10.2. The van der Waals surface area contributed by atoms with Crippen molar-refractivity contribution in [3.05, 3.63) is 65.6 Å². The molecule has 0 unspecified atom stereocenters. The molecular formula is C24H28N4O4S. The van der Waals surface area contributed by atoms with Crippen LogP contribution in [-0.4, -0.2) is 32.9 Å². The maximum atomic E-state index is 12.7. The molecule has 8 nitrogen and oxygen atoms in total. The molecular weight excluding hydrogens is 440 g/mol. The molecule has 33 heavy (non-hydrogen) atoms. The van der Waals surface area contributed by atoms with Crippen molar-refractivity contribution in [2.75, 3.05) is 5.32 Å². The summed E-state index contributed by atoms with van der Waals surface area (Å²) in [4.78, 5) is 43.2. The van der Waals surface area contributed by atoms with Gasteiger partial charge in [-0.25, -0.2) is 4.98 Å². The molecule has 3 aromatic rings. The summed E-state index contributed by atoms with van der Waals surface area (Å²) in [6, 6.07) is 10.7. The van der Waals surface area contributed by atoms with E-state index >= 15 is 0 Å². The van der Waals surface area contributed by atoms with Crippen LogP contribution in [-0.2, 0) is 11.2 Å². The van der Waals surface area contributed by atoms with E-state index in [1.165, 1.54) is 11.3 Å². The first-order chi connectivity index (χ1) is 15.9. The summed E-state index contributed by atoms with van der Waals surface area (Å²) in [7, 11) is 0. The lowest BCUT2D eigenvalue weighted by atomic mass is 10.0. The first-order valence-corrected chi connectivity index (χ1v) is 11.6. The molecule has 0 aliphatic heterocycles. The van der Waals surface area contributed by atoms with Gasteiger partial charge in [0, 0.05) is 29.9 Å². The Morgan fingerprint density at radius 1 is 1.00 bits per heavy atom. The summed E-state index contributed by atoms with van der Waals surface area (Å²) in [6.07, 6.45) is 6.63. The van der Waals surface area contributed by atoms with Crippen LogP contribution in [0.25, 0.3) is 10.6 Å². The maximum absolute atomic E-state index is 12.7. The smallest absolute Gasteiger partial charge is 0.303 e. The summed E-state index contributed by atoms with van der Waals surface area (Å²) in [5.74, 6) is -1.85. The number of unbranched alkanes of at least 4 members (excludes halogenated alkanes) is 2. The van der Waals surface area contributed by atoms with E-state index in [1.807, 2.05) is 26.0 Å². The first-order valence-electron chi connectivity index (χ1n) is 10.8. The molecule has 9 heteroatoms. The number of amides is 2. The quantitative estimate of drug-likeness (QED) is 0.367. The summed E-state index contributed by atoms with van der Waals surface area (Å²) < 4.78 is 0. The third kappa shape index (κ3) is 7.80. The summed E-state index contributed by atoms with van der Waals surface area (Å²) in [5.41, 5.74) is 7.74. The van der Waals surface area contributed by atoms with Crippen molar-refractivity contribution < 1.29 is 19.5 Å². The van der Waals surface area contributed by atoms with Crippen LogP contribution in [0, 0.1) is 0 Å². The van der Waals surface area contributed by atoms with Crippen LogP contribution < -0.4 is 11.1 Å². The van der Waals surface area contributed by atoms with Crippen LogP contribution in [0.3, 0.4) is 0 Å². The summed E-state index contributed by atoms with van der Waals surface area (Å²) >= 11 is 1.17. The minimum Gasteiger partial charge on any atom is -0.481 e. The number of primary amides is 1. The predicted octanol–water partition coefficient (Wildman–Crippen LogP) is 4.77. The SMILES string of the molecule is CC.NC(=O)c1nc(-c2ccncc2)sc1NC(=O)c1ccc(CCCCCC(=O)O)cc1. The van der Waals surface area contributed by atoms with E-state index in [2.05, 4.69) is 15.3 Å². The van der Waals surface area contributed by atoms with Gasteiger partial charge in [-0.15, -0.1) is 0 Å². The molecule has 0 radical (unpaired) electrons. The van der Waals surface area contributed by atoms with Gasteiger partial charge in [-0.3, -0.25) is 19.4 Å². The van der Waals surface area contributed by atoms with E-state index in [0.717, 1.165) is 30.4 Å². The molecule has 1 aromatic carbocycles. The van der Waals surface area contributed by atoms with Crippen molar-refractivity contribution in [1.29, 1.82) is 0 Å². The number of thiazole rings is 1. The van der Waals surface area contributed by atoms with Crippen molar-refractivity contribution in [3.8, 4) is 10.6 Å². The lowest BCUT2D eigenvalue weighted by Gasteiger charge is -2.06. The number of aliphatic carboxylic acids is 1. The van der Waals surface area contributed by atoms with E-state index in [4.69, 9.17) is 10.8 Å². The Bertz CT molecular complexity index is 1070. The van der Waals surface area contributed by atoms with E-state index < -0.39 is 11.9 Å². The molecule has 0 aliphatic rings. The normalized spacial score (nSPS) is 10.1. The van der Waals surface area contributed by atoms with Gasteiger partial charge < -0.3 is 16.2 Å². The van der Waals surface area contributed by atoms with E-state index in [9.17, 15) is 14.4 Å². The van der Waals surface area contributed by atoms with E-state index in [-0.39, 0.29) is 18.0 Å². The van der Waals surface area contributed by atoms with Gasteiger partial charge in [0.2, 0.25) is 0 Å². The minimum absolute atomic E-state index is 0.0168. The van der Waals surface area contributed by atoms with Crippen molar-refractivity contribution in [3.63, 3.8) is 0 Å². The standard InChI is InChI=1S/C22H22N4O4S.C2H6/c23-19(29)18-22(31-21(25-18)16-10-12-24-13-11-16)26-20(30)15-8-6-14(7-9-15)4-2-1-3-5-17(27)28;1-2/h6-13H,1-5H2,(H2,23,29)(H,26,30)(H,27,28);1-2H3. The zero-order valence-electron chi connectivity index (χ0n) is 18.7. The third-order valence-corrected chi connectivity index (χ3v) is 5.61. The molecule has 2 aromatic heterocycles. The fraction of sp³-hybridized carbons (Fsp3) is 0.292. The van der Waals surface area contributed by atoms with Crippen LogP contribution in [0.2, 0.25) is 0 Å². The molecule has 2 heterocycles. The van der Waals surface area contributed by atoms with Crippen LogP contribution in [0.5, 0.6) is 0 Å². The number of aryl methyl sites for hydroxylation is 1. The van der Waals surface area contributed by atoms with E-state index in [1.54, 1.807) is 36.7 Å². The van der Waals surface area contributed by atoms with Gasteiger partial charge in [0.05, 0.1) is 0 Å². The number of anilines is 1. The number of carboxylic acid groups (broad SMARTS) is 1. The predicted molar refractivity (Wildman–Crippen MR) is 129 cm³/mol. The van der Waals surface area contributed by atoms with Crippen molar-refractivity contribution in [2.45, 2.75) is 46.0 Å². The minimum atomic E-state index is -0.774. The van der Waals surface area contributed by atoms with Gasteiger partial charge in [0.15, 0.2) is 5.69 Å². The van der Waals surface area contributed by atoms with Gasteiger partial charge in [0.1, 0.15) is 10.0 Å². The number of nitrogens with zero attached hydrogens (tertiary/aromatic N) is 2. The highest BCUT2D eigenvalue weighted by molar-refractivity contribution is 7.19. The molecule has 0 saturated heterocycles. The third-order valence-electron chi connectivity index (χ3n) is 4.59. The van der Waals surface area contributed by atoms with Crippen molar-refractivity contribution in [1.82, 2.24) is 9.97 Å².